The molecule has 1 saturated heterocycles. The molecule has 1 fully saturated rings. The molecule has 1 aliphatic rings. The Labute approximate surface area is 127 Å². The van der Waals surface area contributed by atoms with E-state index in [4.69, 9.17) is 11.6 Å². The highest BCUT2D eigenvalue weighted by Crippen LogP contribution is 2.23. The van der Waals surface area contributed by atoms with Gasteiger partial charge in [-0.1, -0.05) is 17.7 Å². The van der Waals surface area contributed by atoms with E-state index in [1.807, 2.05) is 23.1 Å². The molecule has 5 heteroatoms. The lowest BCUT2D eigenvalue weighted by Gasteiger charge is -2.15. The van der Waals surface area contributed by atoms with E-state index in [9.17, 15) is 4.79 Å². The molecule has 0 aromatic heterocycles. The molecule has 0 saturated carbocycles. The molecule has 0 bridgehead atoms. The van der Waals surface area contributed by atoms with E-state index in [1.165, 1.54) is 0 Å². The first-order chi connectivity index (χ1) is 9.16. The highest BCUT2D eigenvalue weighted by Gasteiger charge is 2.16. The Morgan fingerprint density at radius 1 is 1.37 bits per heavy atom. The summed E-state index contributed by atoms with van der Waals surface area (Å²) in [6.07, 6.45) is 2.88. The van der Waals surface area contributed by atoms with Crippen LogP contribution in [0.2, 0.25) is 5.02 Å². The molecule has 0 radical (unpaired) electrons. The zero-order valence-electron chi connectivity index (χ0n) is 10.8. The predicted molar refractivity (Wildman–Crippen MR) is 81.3 cm³/mol. The summed E-state index contributed by atoms with van der Waals surface area (Å²) in [5.41, 5.74) is 1.16. The molecule has 104 valence electrons. The second-order valence-electron chi connectivity index (χ2n) is 4.76. The fourth-order valence-corrected chi connectivity index (χ4v) is 2.75. The van der Waals surface area contributed by atoms with Crippen LogP contribution in [-0.4, -0.2) is 30.4 Å². The maximum absolute atomic E-state index is 11.8. The van der Waals surface area contributed by atoms with Gasteiger partial charge >= 0.3 is 0 Å². The molecule has 1 heterocycles. The minimum atomic E-state index is 0.266. The monoisotopic (exact) mass is 344 g/mol. The molecule has 1 aromatic rings. The van der Waals surface area contributed by atoms with Gasteiger partial charge < -0.3 is 10.2 Å². The van der Waals surface area contributed by atoms with E-state index < -0.39 is 0 Å². The molecule has 3 nitrogen and oxygen atoms in total. The number of carbonyl (C=O) groups is 1. The average Bonchev–Trinajstić information content (AvgIpc) is 2.92. The van der Waals surface area contributed by atoms with Gasteiger partial charge in [-0.05, 0) is 46.5 Å². The van der Waals surface area contributed by atoms with Gasteiger partial charge in [-0.15, -0.1) is 0 Å². The summed E-state index contributed by atoms with van der Waals surface area (Å²) >= 11 is 9.34. The van der Waals surface area contributed by atoms with Gasteiger partial charge in [-0.25, -0.2) is 0 Å². The normalized spacial score (nSPS) is 14.9. The van der Waals surface area contributed by atoms with Gasteiger partial charge in [0, 0.05) is 37.1 Å². The van der Waals surface area contributed by atoms with E-state index in [2.05, 4.69) is 21.2 Å². The van der Waals surface area contributed by atoms with E-state index in [0.717, 1.165) is 49.1 Å². The van der Waals surface area contributed by atoms with E-state index in [-0.39, 0.29) is 5.91 Å². The first-order valence-electron chi connectivity index (χ1n) is 6.59. The number of likely N-dealkylation sites (tertiary alicyclic amines) is 1. The van der Waals surface area contributed by atoms with Gasteiger partial charge in [0.15, 0.2) is 0 Å². The van der Waals surface area contributed by atoms with Crippen LogP contribution in [0.3, 0.4) is 0 Å². The van der Waals surface area contributed by atoms with Crippen molar-refractivity contribution in [3.05, 3.63) is 33.3 Å². The second kappa shape index (κ2) is 7.27. The maximum atomic E-state index is 11.8. The molecule has 0 atom stereocenters. The van der Waals surface area contributed by atoms with Gasteiger partial charge in [0.25, 0.3) is 0 Å². The number of halogens is 2. The Kier molecular flexibility index (Phi) is 5.67. The fourth-order valence-electron chi connectivity index (χ4n) is 2.20. The van der Waals surface area contributed by atoms with E-state index in [0.29, 0.717) is 11.4 Å². The fraction of sp³-hybridized carbons (Fsp3) is 0.500. The lowest BCUT2D eigenvalue weighted by molar-refractivity contribution is -0.130. The number of hydrogen-bond acceptors (Lipinski definition) is 2. The third kappa shape index (κ3) is 4.48. The number of benzene rings is 1. The molecule has 0 spiro atoms. The van der Waals surface area contributed by atoms with Crippen molar-refractivity contribution in [1.29, 1.82) is 0 Å². The van der Waals surface area contributed by atoms with Crippen LogP contribution in [0.5, 0.6) is 0 Å². The lowest BCUT2D eigenvalue weighted by Crippen LogP contribution is -2.30. The molecule has 19 heavy (non-hydrogen) atoms. The largest absolute Gasteiger partial charge is 0.343 e. The van der Waals surface area contributed by atoms with Crippen LogP contribution in [-0.2, 0) is 11.3 Å². The number of carbonyl (C=O) groups excluding carboxylic acids is 1. The van der Waals surface area contributed by atoms with Crippen LogP contribution in [0.1, 0.15) is 24.8 Å². The molecule has 0 unspecified atom stereocenters. The Morgan fingerprint density at radius 2 is 2.11 bits per heavy atom. The van der Waals surface area contributed by atoms with Crippen LogP contribution in [0.25, 0.3) is 0 Å². The Morgan fingerprint density at radius 3 is 2.79 bits per heavy atom. The molecule has 1 N–H and O–H groups in total. The Balaban J connectivity index is 1.68. The van der Waals surface area contributed by atoms with Crippen molar-refractivity contribution in [3.8, 4) is 0 Å². The third-order valence-corrected chi connectivity index (χ3v) is 4.50. The number of nitrogens with zero attached hydrogens (tertiary/aromatic N) is 1. The summed E-state index contributed by atoms with van der Waals surface area (Å²) in [7, 11) is 0. The smallest absolute Gasteiger partial charge is 0.223 e. The first kappa shape index (κ1) is 14.8. The van der Waals surface area contributed by atoms with Crippen molar-refractivity contribution in [2.45, 2.75) is 25.8 Å². The van der Waals surface area contributed by atoms with Crippen LogP contribution in [0.4, 0.5) is 0 Å². The number of hydrogen-bond donors (Lipinski definition) is 1. The number of amides is 1. The van der Waals surface area contributed by atoms with Crippen LogP contribution >= 0.6 is 27.5 Å². The third-order valence-electron chi connectivity index (χ3n) is 3.29. The van der Waals surface area contributed by atoms with Gasteiger partial charge in [0.05, 0.1) is 5.02 Å². The highest BCUT2D eigenvalue weighted by atomic mass is 79.9. The zero-order chi connectivity index (χ0) is 13.7. The van der Waals surface area contributed by atoms with Gasteiger partial charge in [0.1, 0.15) is 0 Å². The summed E-state index contributed by atoms with van der Waals surface area (Å²) < 4.78 is 0.904. The summed E-state index contributed by atoms with van der Waals surface area (Å²) in [4.78, 5) is 13.8. The van der Waals surface area contributed by atoms with Crippen molar-refractivity contribution in [3.63, 3.8) is 0 Å². The first-order valence-corrected chi connectivity index (χ1v) is 7.76. The van der Waals surface area contributed by atoms with Gasteiger partial charge in [-0.3, -0.25) is 4.79 Å². The minimum Gasteiger partial charge on any atom is -0.343 e. The standard InChI is InChI=1S/C14H18BrClN2O/c15-12-9-11(3-4-13(12)16)10-17-6-5-14(19)18-7-1-2-8-18/h3-4,9,17H,1-2,5-8,10H2. The average molecular weight is 346 g/mol. The van der Waals surface area contributed by atoms with E-state index in [1.54, 1.807) is 0 Å². The quantitative estimate of drug-likeness (QED) is 0.831. The summed E-state index contributed by atoms with van der Waals surface area (Å²) in [5, 5.41) is 4.01. The summed E-state index contributed by atoms with van der Waals surface area (Å²) in [6.45, 7) is 3.34. The lowest BCUT2D eigenvalue weighted by atomic mass is 10.2. The second-order valence-corrected chi connectivity index (χ2v) is 6.02. The topological polar surface area (TPSA) is 32.3 Å². The molecule has 2 rings (SSSR count). The molecule has 1 amide bonds. The minimum absolute atomic E-state index is 0.266. The highest BCUT2D eigenvalue weighted by molar-refractivity contribution is 9.10. The number of nitrogens with one attached hydrogen (secondary N) is 1. The molecular weight excluding hydrogens is 328 g/mol. The van der Waals surface area contributed by atoms with Crippen molar-refractivity contribution in [2.75, 3.05) is 19.6 Å². The molecular formula is C14H18BrClN2O. The van der Waals surface area contributed by atoms with Crippen molar-refractivity contribution < 1.29 is 4.79 Å². The SMILES string of the molecule is O=C(CCNCc1ccc(Cl)c(Br)c1)N1CCCC1. The van der Waals surface area contributed by atoms with Crippen molar-refractivity contribution in [2.24, 2.45) is 0 Å². The predicted octanol–water partition coefficient (Wildman–Crippen LogP) is 3.20. The zero-order valence-corrected chi connectivity index (χ0v) is 13.1. The molecule has 1 aromatic carbocycles. The van der Waals surface area contributed by atoms with Crippen LogP contribution in [0, 0.1) is 0 Å². The van der Waals surface area contributed by atoms with Gasteiger partial charge in [0.2, 0.25) is 5.91 Å². The molecule has 0 aliphatic carbocycles. The Hall–Kier alpha value is -0.580. The van der Waals surface area contributed by atoms with Crippen molar-refractivity contribution in [1.82, 2.24) is 10.2 Å². The van der Waals surface area contributed by atoms with Crippen molar-refractivity contribution >= 4 is 33.4 Å². The number of rotatable bonds is 5. The van der Waals surface area contributed by atoms with Gasteiger partial charge in [-0.2, -0.15) is 0 Å². The summed E-state index contributed by atoms with van der Waals surface area (Å²) in [6, 6.07) is 5.86. The van der Waals surface area contributed by atoms with Crippen LogP contribution < -0.4 is 5.32 Å². The molecule has 1 aliphatic heterocycles. The maximum Gasteiger partial charge on any atom is 0.223 e. The Bertz CT molecular complexity index is 447. The van der Waals surface area contributed by atoms with Crippen LogP contribution in [0.15, 0.2) is 22.7 Å². The van der Waals surface area contributed by atoms with E-state index >= 15 is 0 Å². The summed E-state index contributed by atoms with van der Waals surface area (Å²) in [5.74, 6) is 0.266.